The maximum absolute atomic E-state index is 14.0. The van der Waals surface area contributed by atoms with Gasteiger partial charge in [-0.3, -0.25) is 4.79 Å². The molecule has 0 aromatic heterocycles. The summed E-state index contributed by atoms with van der Waals surface area (Å²) >= 11 is 3.47. The smallest absolute Gasteiger partial charge is 0.326 e. The molecular formula is C33H38BrNO8S. The lowest BCUT2D eigenvalue weighted by Crippen LogP contribution is -2.44. The highest BCUT2D eigenvalue weighted by Gasteiger charge is 2.49. The summed E-state index contributed by atoms with van der Waals surface area (Å²) in [4.78, 5) is 24.6. The van der Waals surface area contributed by atoms with Gasteiger partial charge in [-0.15, -0.1) is 0 Å². The summed E-state index contributed by atoms with van der Waals surface area (Å²) in [6, 6.07) is 17.3. The molecule has 1 aliphatic rings. The monoisotopic (exact) mass is 687 g/mol. The molecule has 0 bridgehead atoms. The molecule has 1 amide bonds. The number of hydrogen-bond acceptors (Lipinski definition) is 7. The van der Waals surface area contributed by atoms with E-state index in [0.717, 1.165) is 18.4 Å². The third-order valence-corrected chi connectivity index (χ3v) is 11.1. The summed E-state index contributed by atoms with van der Waals surface area (Å²) in [5.41, 5.74) is 0.711. The van der Waals surface area contributed by atoms with Crippen LogP contribution in [0, 0.1) is 5.41 Å². The lowest BCUT2D eigenvalue weighted by molar-refractivity contribution is -0.142. The van der Waals surface area contributed by atoms with Gasteiger partial charge in [-0.05, 0) is 57.6 Å². The van der Waals surface area contributed by atoms with E-state index in [9.17, 15) is 33.3 Å². The molecule has 0 radical (unpaired) electrons. The van der Waals surface area contributed by atoms with E-state index in [-0.39, 0.29) is 28.6 Å². The summed E-state index contributed by atoms with van der Waals surface area (Å²) in [7, 11) is -3.91. The number of hydrogen-bond donors (Lipinski definition) is 4. The van der Waals surface area contributed by atoms with E-state index in [1.807, 2.05) is 44.2 Å². The molecule has 0 spiro atoms. The minimum atomic E-state index is -3.91. The van der Waals surface area contributed by atoms with Gasteiger partial charge in [0.25, 0.3) is 5.91 Å². The molecule has 1 heterocycles. The van der Waals surface area contributed by atoms with E-state index < -0.39 is 51.8 Å². The third-order valence-electron chi connectivity index (χ3n) is 8.45. The number of benzene rings is 3. The number of amides is 1. The lowest BCUT2D eigenvalue weighted by atomic mass is 9.69. The number of halogens is 1. The van der Waals surface area contributed by atoms with Crippen molar-refractivity contribution in [1.29, 1.82) is 0 Å². The average Bonchev–Trinajstić information content (AvgIpc) is 3.06. The highest BCUT2D eigenvalue weighted by Crippen LogP contribution is 2.50. The number of fused-ring (bicyclic) bond motifs is 1. The van der Waals surface area contributed by atoms with E-state index in [2.05, 4.69) is 21.2 Å². The fourth-order valence-electron chi connectivity index (χ4n) is 5.98. The van der Waals surface area contributed by atoms with Crippen LogP contribution in [0.1, 0.15) is 62.1 Å². The SMILES string of the molecule is CCCC[C@]1(CC)CS(=O)(=O)c2cc(OCC(=O)N[C@H](Cc3ccccc3O)C(=O)O)c(Br)cc2C(c2ccccc2)[C@H]1O. The Morgan fingerprint density at radius 3 is 2.41 bits per heavy atom. The number of phenolic OH excluding ortho intramolecular Hbond substituents is 1. The van der Waals surface area contributed by atoms with Gasteiger partial charge in [0.15, 0.2) is 16.4 Å². The number of phenols is 1. The first-order valence-corrected chi connectivity index (χ1v) is 17.1. The molecule has 0 fully saturated rings. The molecule has 44 heavy (non-hydrogen) atoms. The topological polar surface area (TPSA) is 150 Å². The van der Waals surface area contributed by atoms with Crippen LogP contribution >= 0.6 is 15.9 Å². The number of sulfone groups is 1. The number of aliphatic hydroxyl groups excluding tert-OH is 1. The number of ether oxygens (including phenoxy) is 1. The summed E-state index contributed by atoms with van der Waals surface area (Å²) in [6.45, 7) is 3.37. The van der Waals surface area contributed by atoms with E-state index in [1.54, 1.807) is 24.3 Å². The Bertz CT molecular complexity index is 1600. The van der Waals surface area contributed by atoms with E-state index >= 15 is 0 Å². The van der Waals surface area contributed by atoms with Crippen molar-refractivity contribution < 1.29 is 38.1 Å². The molecule has 0 saturated carbocycles. The van der Waals surface area contributed by atoms with Gasteiger partial charge in [0.05, 0.1) is 21.2 Å². The first-order chi connectivity index (χ1) is 20.9. The molecule has 3 aromatic rings. The molecule has 4 rings (SSSR count). The first kappa shape index (κ1) is 33.5. The van der Waals surface area contributed by atoms with Gasteiger partial charge in [0, 0.05) is 23.8 Å². The number of carbonyl (C=O) groups excluding carboxylic acids is 1. The number of carbonyl (C=O) groups is 2. The number of para-hydroxylation sites is 1. The number of aliphatic hydroxyl groups is 1. The fraction of sp³-hybridized carbons (Fsp3) is 0.394. The number of rotatable bonds is 12. The summed E-state index contributed by atoms with van der Waals surface area (Å²) in [5, 5.41) is 34.0. The van der Waals surface area contributed by atoms with Crippen molar-refractivity contribution in [1.82, 2.24) is 5.32 Å². The minimum absolute atomic E-state index is 0.0267. The minimum Gasteiger partial charge on any atom is -0.508 e. The molecule has 0 aliphatic carbocycles. The molecular weight excluding hydrogens is 650 g/mol. The number of carboxylic acid groups (broad SMARTS) is 1. The van der Waals surface area contributed by atoms with E-state index in [0.29, 0.717) is 28.4 Å². The highest BCUT2D eigenvalue weighted by atomic mass is 79.9. The van der Waals surface area contributed by atoms with Crippen LogP contribution < -0.4 is 10.1 Å². The number of aliphatic carboxylic acids is 1. The van der Waals surface area contributed by atoms with Crippen LogP contribution in [0.3, 0.4) is 0 Å². The van der Waals surface area contributed by atoms with Gasteiger partial charge in [0.2, 0.25) is 0 Å². The Morgan fingerprint density at radius 1 is 1.09 bits per heavy atom. The molecule has 1 aliphatic heterocycles. The van der Waals surface area contributed by atoms with E-state index in [1.165, 1.54) is 12.1 Å². The lowest BCUT2D eigenvalue weighted by Gasteiger charge is -2.39. The van der Waals surface area contributed by atoms with Gasteiger partial charge in [0.1, 0.15) is 17.5 Å². The van der Waals surface area contributed by atoms with Crippen molar-refractivity contribution in [3.05, 3.63) is 87.9 Å². The fourth-order valence-corrected chi connectivity index (χ4v) is 8.72. The first-order valence-electron chi connectivity index (χ1n) is 14.6. The normalized spacial score (nSPS) is 21.5. The second-order valence-electron chi connectivity index (χ2n) is 11.3. The Hall–Kier alpha value is -3.41. The number of aromatic hydroxyl groups is 1. The van der Waals surface area contributed by atoms with Gasteiger partial charge >= 0.3 is 5.97 Å². The Labute approximate surface area is 266 Å². The van der Waals surface area contributed by atoms with Crippen molar-refractivity contribution >= 4 is 37.6 Å². The second-order valence-corrected chi connectivity index (χ2v) is 14.1. The molecule has 236 valence electrons. The summed E-state index contributed by atoms with van der Waals surface area (Å²) in [5.74, 6) is -2.87. The molecule has 3 aromatic carbocycles. The molecule has 11 heteroatoms. The predicted octanol–water partition coefficient (Wildman–Crippen LogP) is 5.21. The van der Waals surface area contributed by atoms with Crippen molar-refractivity contribution in [2.75, 3.05) is 12.4 Å². The molecule has 1 unspecified atom stereocenters. The summed E-state index contributed by atoms with van der Waals surface area (Å²) in [6.07, 6.45) is 1.54. The Morgan fingerprint density at radius 2 is 1.77 bits per heavy atom. The standard InChI is InChI=1S/C33H38BrNO8S/c1-3-5-15-33(4-2)20-44(41,42)28-18-27(24(34)17-23(28)30(31(33)38)21-11-7-6-8-12-21)43-19-29(37)35-25(32(39)40)16-22-13-9-10-14-26(22)36/h6-14,17-18,25,30-31,36,38H,3-5,15-16,19-20H2,1-2H3,(H,35,37)(H,39,40)/t25-,30?,31-,33-/m1/s1. The maximum atomic E-state index is 14.0. The third kappa shape index (κ3) is 7.27. The number of unbranched alkanes of at least 4 members (excludes halogenated alkanes) is 1. The largest absolute Gasteiger partial charge is 0.508 e. The van der Waals surface area contributed by atoms with Crippen LogP contribution in [0.25, 0.3) is 0 Å². The van der Waals surface area contributed by atoms with Crippen LogP contribution in [-0.4, -0.2) is 60.1 Å². The van der Waals surface area contributed by atoms with E-state index in [4.69, 9.17) is 4.74 Å². The molecule has 0 saturated heterocycles. The van der Waals surface area contributed by atoms with Crippen molar-refractivity contribution in [2.45, 2.75) is 68.9 Å². The quantitative estimate of drug-likeness (QED) is 0.203. The van der Waals surface area contributed by atoms with Gasteiger partial charge in [-0.1, -0.05) is 75.2 Å². The van der Waals surface area contributed by atoms with Crippen molar-refractivity contribution in [3.8, 4) is 11.5 Å². The van der Waals surface area contributed by atoms with Gasteiger partial charge in [-0.25, -0.2) is 13.2 Å². The zero-order chi connectivity index (χ0) is 32.1. The second kappa shape index (κ2) is 14.1. The molecule has 9 nitrogen and oxygen atoms in total. The highest BCUT2D eigenvalue weighted by molar-refractivity contribution is 9.10. The van der Waals surface area contributed by atoms with Crippen LogP contribution in [-0.2, 0) is 25.8 Å². The number of nitrogens with one attached hydrogen (secondary N) is 1. The molecule has 4 N–H and O–H groups in total. The maximum Gasteiger partial charge on any atom is 0.326 e. The van der Waals surface area contributed by atoms with Crippen LogP contribution in [0.4, 0.5) is 0 Å². The number of carboxylic acids is 1. The van der Waals surface area contributed by atoms with Gasteiger partial charge < -0.3 is 25.4 Å². The zero-order valence-electron chi connectivity index (χ0n) is 24.7. The van der Waals surface area contributed by atoms with Crippen molar-refractivity contribution in [2.24, 2.45) is 5.41 Å². The Balaban J connectivity index is 1.65. The predicted molar refractivity (Wildman–Crippen MR) is 170 cm³/mol. The molecule has 4 atom stereocenters. The van der Waals surface area contributed by atoms with Crippen LogP contribution in [0.5, 0.6) is 11.5 Å². The van der Waals surface area contributed by atoms with Crippen LogP contribution in [0.15, 0.2) is 76.1 Å². The van der Waals surface area contributed by atoms with Gasteiger partial charge in [-0.2, -0.15) is 0 Å². The Kier molecular flexibility index (Phi) is 10.8. The zero-order valence-corrected chi connectivity index (χ0v) is 27.1. The average molecular weight is 689 g/mol. The van der Waals surface area contributed by atoms with Crippen LogP contribution in [0.2, 0.25) is 0 Å². The summed E-state index contributed by atoms with van der Waals surface area (Å²) < 4.78 is 34.2. The van der Waals surface area contributed by atoms with Crippen molar-refractivity contribution in [3.63, 3.8) is 0 Å².